The van der Waals surface area contributed by atoms with Crippen LogP contribution in [0.25, 0.3) is 6.08 Å². The number of carbonyl (C=O) groups is 1. The van der Waals surface area contributed by atoms with Crippen molar-refractivity contribution in [3.05, 3.63) is 63.0 Å². The van der Waals surface area contributed by atoms with Crippen molar-refractivity contribution in [2.24, 2.45) is 4.40 Å². The lowest BCUT2D eigenvalue weighted by atomic mass is 10.1. The van der Waals surface area contributed by atoms with Gasteiger partial charge in [0, 0.05) is 0 Å². The lowest BCUT2D eigenvalue weighted by Gasteiger charge is -2.08. The number of thioether (sulfide) groups is 1. The SMILES string of the molecule is COc1cc(/C=C2\S/C(=N/S(=O)(=O)c3ccccc3)NC2=O)c([N+](=O)[O-])cc1OC. The van der Waals surface area contributed by atoms with E-state index in [1.807, 2.05) is 0 Å². The second-order valence-corrected chi connectivity index (χ2v) is 8.41. The van der Waals surface area contributed by atoms with Gasteiger partial charge >= 0.3 is 0 Å². The van der Waals surface area contributed by atoms with Gasteiger partial charge in [-0.25, -0.2) is 0 Å². The smallest absolute Gasteiger partial charge is 0.284 e. The number of ether oxygens (including phenoxy) is 2. The molecule has 2 aromatic rings. The number of amides is 1. The maximum atomic E-state index is 12.4. The van der Waals surface area contributed by atoms with Gasteiger partial charge in [-0.1, -0.05) is 18.2 Å². The number of amidine groups is 1. The van der Waals surface area contributed by atoms with Crippen molar-refractivity contribution in [2.45, 2.75) is 4.90 Å². The molecule has 2 aromatic carbocycles. The number of nitro groups is 1. The van der Waals surface area contributed by atoms with Crippen LogP contribution in [-0.4, -0.2) is 38.6 Å². The first-order valence-corrected chi connectivity index (χ1v) is 10.5. The highest BCUT2D eigenvalue weighted by Crippen LogP contribution is 2.37. The zero-order valence-corrected chi connectivity index (χ0v) is 17.3. The van der Waals surface area contributed by atoms with Crippen LogP contribution < -0.4 is 14.8 Å². The van der Waals surface area contributed by atoms with Gasteiger partial charge in [0.05, 0.1) is 40.6 Å². The van der Waals surface area contributed by atoms with Crippen LogP contribution in [0.2, 0.25) is 0 Å². The number of methoxy groups -OCH3 is 2. The molecular weight excluding hydrogens is 434 g/mol. The standard InChI is InChI=1S/C18H15N3O7S2/c1-27-14-8-11(13(21(23)24)10-15(14)28-2)9-16-17(22)19-18(29-16)20-30(25,26)12-6-4-3-5-7-12/h3-10H,1-2H3,(H,19,20,22)/b16-9-. The number of hydrogen-bond acceptors (Lipinski definition) is 8. The van der Waals surface area contributed by atoms with Crippen LogP contribution in [-0.2, 0) is 14.8 Å². The maximum Gasteiger partial charge on any atom is 0.284 e. The Kier molecular flexibility index (Phi) is 6.08. The maximum absolute atomic E-state index is 12.4. The zero-order chi connectivity index (χ0) is 21.9. The van der Waals surface area contributed by atoms with Gasteiger partial charge in [0.25, 0.3) is 21.6 Å². The average molecular weight is 449 g/mol. The first-order chi connectivity index (χ1) is 14.2. The molecule has 0 unspecified atom stereocenters. The molecule has 10 nitrogen and oxygen atoms in total. The van der Waals surface area contributed by atoms with Crippen molar-refractivity contribution in [2.75, 3.05) is 14.2 Å². The lowest BCUT2D eigenvalue weighted by molar-refractivity contribution is -0.385. The Morgan fingerprint density at radius 2 is 1.77 bits per heavy atom. The Morgan fingerprint density at radius 3 is 2.37 bits per heavy atom. The van der Waals surface area contributed by atoms with E-state index in [2.05, 4.69) is 9.71 Å². The Morgan fingerprint density at radius 1 is 1.13 bits per heavy atom. The molecule has 0 aliphatic carbocycles. The third-order valence-corrected chi connectivity index (χ3v) is 6.23. The van der Waals surface area contributed by atoms with Crippen LogP contribution >= 0.6 is 11.8 Å². The van der Waals surface area contributed by atoms with Gasteiger partial charge in [-0.05, 0) is 36.0 Å². The van der Waals surface area contributed by atoms with Crippen LogP contribution in [0.4, 0.5) is 5.69 Å². The van der Waals surface area contributed by atoms with Gasteiger partial charge in [0.1, 0.15) is 0 Å². The number of nitro benzene ring substituents is 1. The summed E-state index contributed by atoms with van der Waals surface area (Å²) in [5, 5.41) is 13.6. The van der Waals surface area contributed by atoms with Crippen molar-refractivity contribution in [3.8, 4) is 11.5 Å². The molecule has 3 rings (SSSR count). The summed E-state index contributed by atoms with van der Waals surface area (Å²) in [6, 6.07) is 10.1. The first-order valence-electron chi connectivity index (χ1n) is 8.26. The van der Waals surface area contributed by atoms with Crippen molar-refractivity contribution < 1.29 is 27.6 Å². The second-order valence-electron chi connectivity index (χ2n) is 5.77. The number of benzene rings is 2. The molecule has 0 spiro atoms. The predicted molar refractivity (Wildman–Crippen MR) is 111 cm³/mol. The second kappa shape index (κ2) is 8.55. The molecule has 1 N–H and O–H groups in total. The summed E-state index contributed by atoms with van der Waals surface area (Å²) in [6.07, 6.45) is 1.26. The predicted octanol–water partition coefficient (Wildman–Crippen LogP) is 2.56. The van der Waals surface area contributed by atoms with Gasteiger partial charge in [0.15, 0.2) is 16.7 Å². The van der Waals surface area contributed by atoms with Crippen LogP contribution in [0.15, 0.2) is 56.7 Å². The largest absolute Gasteiger partial charge is 0.493 e. The molecule has 156 valence electrons. The third kappa shape index (κ3) is 4.44. The molecule has 0 aromatic heterocycles. The van der Waals surface area contributed by atoms with E-state index in [1.54, 1.807) is 18.2 Å². The number of hydrogen-bond donors (Lipinski definition) is 1. The molecule has 1 amide bonds. The summed E-state index contributed by atoms with van der Waals surface area (Å²) < 4.78 is 38.6. The van der Waals surface area contributed by atoms with E-state index in [0.29, 0.717) is 0 Å². The van der Waals surface area contributed by atoms with E-state index in [9.17, 15) is 23.3 Å². The van der Waals surface area contributed by atoms with Crippen LogP contribution in [0.5, 0.6) is 11.5 Å². The number of carbonyl (C=O) groups excluding carboxylic acids is 1. The molecule has 0 radical (unpaired) electrons. The molecule has 12 heteroatoms. The number of sulfonamides is 1. The van der Waals surface area contributed by atoms with Gasteiger partial charge in [-0.15, -0.1) is 4.40 Å². The highest BCUT2D eigenvalue weighted by molar-refractivity contribution is 8.19. The lowest BCUT2D eigenvalue weighted by Crippen LogP contribution is -2.20. The fourth-order valence-corrected chi connectivity index (χ4v) is 4.52. The first kappa shape index (κ1) is 21.3. The number of nitrogens with zero attached hydrogens (tertiary/aromatic N) is 2. The minimum atomic E-state index is -4.02. The Bertz CT molecular complexity index is 1180. The monoisotopic (exact) mass is 449 g/mol. The summed E-state index contributed by atoms with van der Waals surface area (Å²) in [5.41, 5.74) is -0.224. The summed E-state index contributed by atoms with van der Waals surface area (Å²) in [7, 11) is -1.31. The van der Waals surface area contributed by atoms with Gasteiger partial charge in [0.2, 0.25) is 0 Å². The van der Waals surface area contributed by atoms with Crippen LogP contribution in [0.1, 0.15) is 5.56 Å². The Hall–Kier alpha value is -3.38. The molecule has 1 aliphatic rings. The molecule has 0 bridgehead atoms. The Labute approximate surface area is 175 Å². The minimum Gasteiger partial charge on any atom is -0.493 e. The molecular formula is C18H15N3O7S2. The van der Waals surface area contributed by atoms with Gasteiger partial charge < -0.3 is 9.47 Å². The fourth-order valence-electron chi connectivity index (χ4n) is 2.52. The van der Waals surface area contributed by atoms with E-state index in [0.717, 1.165) is 11.8 Å². The molecule has 1 aliphatic heterocycles. The summed E-state index contributed by atoms with van der Waals surface area (Å²) in [4.78, 5) is 23.1. The zero-order valence-electron chi connectivity index (χ0n) is 15.7. The van der Waals surface area contributed by atoms with Gasteiger partial charge in [-0.3, -0.25) is 20.2 Å². The highest BCUT2D eigenvalue weighted by Gasteiger charge is 2.28. The number of nitrogens with one attached hydrogen (secondary N) is 1. The van der Waals surface area contributed by atoms with E-state index >= 15 is 0 Å². The quantitative estimate of drug-likeness (QED) is 0.403. The summed E-state index contributed by atoms with van der Waals surface area (Å²) in [5.74, 6) is -0.240. The van der Waals surface area contributed by atoms with Gasteiger partial charge in [-0.2, -0.15) is 8.42 Å². The highest BCUT2D eigenvalue weighted by atomic mass is 32.2. The normalized spacial score (nSPS) is 16.5. The van der Waals surface area contributed by atoms with Crippen molar-refractivity contribution >= 4 is 44.6 Å². The van der Waals surface area contributed by atoms with E-state index in [-0.39, 0.29) is 37.7 Å². The minimum absolute atomic E-state index is 0.0275. The van der Waals surface area contributed by atoms with Crippen molar-refractivity contribution in [3.63, 3.8) is 0 Å². The average Bonchev–Trinajstić information content (AvgIpc) is 3.05. The van der Waals surface area contributed by atoms with E-state index < -0.39 is 20.9 Å². The van der Waals surface area contributed by atoms with E-state index in [4.69, 9.17) is 9.47 Å². The fraction of sp³-hybridized carbons (Fsp3) is 0.111. The van der Waals surface area contributed by atoms with Crippen LogP contribution in [0, 0.1) is 10.1 Å². The topological polar surface area (TPSA) is 137 Å². The van der Waals surface area contributed by atoms with Crippen molar-refractivity contribution in [1.82, 2.24) is 5.32 Å². The molecule has 1 fully saturated rings. The molecule has 0 saturated carbocycles. The molecule has 1 saturated heterocycles. The van der Waals surface area contributed by atoms with Crippen molar-refractivity contribution in [1.29, 1.82) is 0 Å². The number of rotatable bonds is 6. The summed E-state index contributed by atoms with van der Waals surface area (Å²) in [6.45, 7) is 0. The molecule has 0 atom stereocenters. The summed E-state index contributed by atoms with van der Waals surface area (Å²) >= 11 is 0.756. The van der Waals surface area contributed by atoms with Crippen LogP contribution in [0.3, 0.4) is 0 Å². The van der Waals surface area contributed by atoms with E-state index in [1.165, 1.54) is 44.6 Å². The Balaban J connectivity index is 1.98. The molecule has 30 heavy (non-hydrogen) atoms. The molecule has 1 heterocycles. The third-order valence-electron chi connectivity index (χ3n) is 3.91.